The van der Waals surface area contributed by atoms with E-state index in [-0.39, 0.29) is 15.3 Å². The summed E-state index contributed by atoms with van der Waals surface area (Å²) in [5.41, 5.74) is 0. The normalized spacial score (nSPS) is 13.2. The Bertz CT molecular complexity index is 620. The van der Waals surface area contributed by atoms with Crippen LogP contribution in [0.15, 0.2) is 27.6 Å². The van der Waals surface area contributed by atoms with Gasteiger partial charge in [-0.15, -0.1) is 0 Å². The first-order valence-electron chi connectivity index (χ1n) is 6.38. The molecule has 0 heterocycles. The molecule has 1 atom stereocenters. The molecule has 1 rings (SSSR count). The van der Waals surface area contributed by atoms with E-state index < -0.39 is 27.8 Å². The van der Waals surface area contributed by atoms with Gasteiger partial charge in [-0.3, -0.25) is 4.79 Å². The van der Waals surface area contributed by atoms with E-state index in [1.807, 2.05) is 13.8 Å². The lowest BCUT2D eigenvalue weighted by atomic mass is 10.2. The third kappa shape index (κ3) is 5.37. The maximum atomic E-state index is 13.0. The summed E-state index contributed by atoms with van der Waals surface area (Å²) in [6.45, 7) is 5.78. The molecule has 8 heteroatoms. The molecule has 1 unspecified atom stereocenters. The summed E-state index contributed by atoms with van der Waals surface area (Å²) in [7, 11) is -3.91. The van der Waals surface area contributed by atoms with Crippen LogP contribution in [0.3, 0.4) is 0 Å². The second-order valence-electron chi connectivity index (χ2n) is 5.06. The molecule has 0 aliphatic rings. The molecule has 0 bridgehead atoms. The molecule has 0 saturated carbocycles. The van der Waals surface area contributed by atoms with E-state index in [0.29, 0.717) is 6.54 Å². The van der Waals surface area contributed by atoms with Gasteiger partial charge in [0.1, 0.15) is 5.82 Å². The van der Waals surface area contributed by atoms with Crippen LogP contribution < -0.4 is 10.0 Å². The van der Waals surface area contributed by atoms with Gasteiger partial charge in [0.25, 0.3) is 0 Å². The minimum absolute atomic E-state index is 0.102. The summed E-state index contributed by atoms with van der Waals surface area (Å²) >= 11 is 3.00. The van der Waals surface area contributed by atoms with Crippen LogP contribution >= 0.6 is 15.9 Å². The Balaban J connectivity index is 2.82. The SMILES string of the molecule is CC(C)CNC(=O)C(C)NS(=O)(=O)c1ccc(F)cc1Br. The summed E-state index contributed by atoms with van der Waals surface area (Å²) in [6.07, 6.45) is 0. The highest BCUT2D eigenvalue weighted by Crippen LogP contribution is 2.22. The van der Waals surface area contributed by atoms with Crippen molar-refractivity contribution >= 4 is 31.9 Å². The fourth-order valence-corrected chi connectivity index (χ4v) is 3.75. The molecule has 2 N–H and O–H groups in total. The summed E-state index contributed by atoms with van der Waals surface area (Å²) in [4.78, 5) is 11.7. The standard InChI is InChI=1S/C13H18BrFN2O3S/c1-8(2)7-16-13(18)9(3)17-21(19,20)12-5-4-10(15)6-11(12)14/h4-6,8-9,17H,7H2,1-3H3,(H,16,18). The van der Waals surface area contributed by atoms with Gasteiger partial charge >= 0.3 is 0 Å². The largest absolute Gasteiger partial charge is 0.354 e. The topological polar surface area (TPSA) is 75.3 Å². The molecule has 0 fully saturated rings. The van der Waals surface area contributed by atoms with E-state index in [9.17, 15) is 17.6 Å². The number of hydrogen-bond acceptors (Lipinski definition) is 3. The van der Waals surface area contributed by atoms with Crippen molar-refractivity contribution in [1.82, 2.24) is 10.0 Å². The molecule has 0 spiro atoms. The number of carbonyl (C=O) groups is 1. The van der Waals surface area contributed by atoms with Gasteiger partial charge in [-0.1, -0.05) is 13.8 Å². The van der Waals surface area contributed by atoms with Gasteiger partial charge in [-0.05, 0) is 47.0 Å². The summed E-state index contributed by atoms with van der Waals surface area (Å²) in [5, 5.41) is 2.64. The van der Waals surface area contributed by atoms with Crippen LogP contribution in [0.2, 0.25) is 0 Å². The Labute approximate surface area is 132 Å². The third-order valence-electron chi connectivity index (χ3n) is 2.59. The van der Waals surface area contributed by atoms with E-state index >= 15 is 0 Å². The van der Waals surface area contributed by atoms with Gasteiger partial charge in [-0.25, -0.2) is 12.8 Å². The van der Waals surface area contributed by atoms with Gasteiger partial charge in [0.05, 0.1) is 10.9 Å². The first-order chi connectivity index (χ1) is 9.63. The number of nitrogens with one attached hydrogen (secondary N) is 2. The van der Waals surface area contributed by atoms with Crippen molar-refractivity contribution in [2.24, 2.45) is 5.92 Å². The molecule has 0 saturated heterocycles. The highest BCUT2D eigenvalue weighted by Gasteiger charge is 2.24. The first kappa shape index (κ1) is 18.1. The third-order valence-corrected chi connectivity index (χ3v) is 5.11. The van der Waals surface area contributed by atoms with Gasteiger partial charge in [0.2, 0.25) is 15.9 Å². The smallest absolute Gasteiger partial charge is 0.242 e. The quantitative estimate of drug-likeness (QED) is 0.792. The Morgan fingerprint density at radius 2 is 1.95 bits per heavy atom. The molecule has 21 heavy (non-hydrogen) atoms. The fraction of sp³-hybridized carbons (Fsp3) is 0.462. The second kappa shape index (κ2) is 7.33. The fourth-order valence-electron chi connectivity index (χ4n) is 1.50. The van der Waals surface area contributed by atoms with E-state index in [0.717, 1.165) is 18.2 Å². The van der Waals surface area contributed by atoms with Gasteiger partial charge in [0.15, 0.2) is 0 Å². The van der Waals surface area contributed by atoms with Crippen LogP contribution in [0.1, 0.15) is 20.8 Å². The van der Waals surface area contributed by atoms with Crippen molar-refractivity contribution in [2.45, 2.75) is 31.7 Å². The summed E-state index contributed by atoms with van der Waals surface area (Å²) < 4.78 is 39.7. The van der Waals surface area contributed by atoms with Gasteiger partial charge in [0, 0.05) is 11.0 Å². The highest BCUT2D eigenvalue weighted by atomic mass is 79.9. The Hall–Kier alpha value is -0.990. The predicted octanol–water partition coefficient (Wildman–Crippen LogP) is 2.03. The second-order valence-corrected chi connectivity index (χ2v) is 7.59. The number of sulfonamides is 1. The molecule has 0 aliphatic carbocycles. The number of amides is 1. The molecule has 1 amide bonds. The highest BCUT2D eigenvalue weighted by molar-refractivity contribution is 9.10. The van der Waals surface area contributed by atoms with Crippen LogP contribution in [0.4, 0.5) is 4.39 Å². The summed E-state index contributed by atoms with van der Waals surface area (Å²) in [5.74, 6) is -0.696. The van der Waals surface area contributed by atoms with Crippen molar-refractivity contribution in [3.63, 3.8) is 0 Å². The van der Waals surface area contributed by atoms with Crippen molar-refractivity contribution in [3.8, 4) is 0 Å². The number of halogens is 2. The van der Waals surface area contributed by atoms with Crippen molar-refractivity contribution in [2.75, 3.05) is 6.54 Å². The van der Waals surface area contributed by atoms with E-state index in [1.165, 1.54) is 6.92 Å². The van der Waals surface area contributed by atoms with Crippen molar-refractivity contribution in [3.05, 3.63) is 28.5 Å². The van der Waals surface area contributed by atoms with E-state index in [4.69, 9.17) is 0 Å². The molecule has 1 aromatic rings. The van der Waals surface area contributed by atoms with Crippen LogP contribution in [0.5, 0.6) is 0 Å². The zero-order valence-electron chi connectivity index (χ0n) is 12.0. The monoisotopic (exact) mass is 380 g/mol. The lowest BCUT2D eigenvalue weighted by Gasteiger charge is -2.16. The van der Waals surface area contributed by atoms with Gasteiger partial charge in [-0.2, -0.15) is 4.72 Å². The zero-order chi connectivity index (χ0) is 16.2. The van der Waals surface area contributed by atoms with Crippen LogP contribution in [0.25, 0.3) is 0 Å². The molecule has 118 valence electrons. The average molecular weight is 381 g/mol. The Morgan fingerprint density at radius 1 is 1.33 bits per heavy atom. The summed E-state index contributed by atoms with van der Waals surface area (Å²) in [6, 6.07) is 2.31. The lowest BCUT2D eigenvalue weighted by molar-refractivity contribution is -0.122. The molecule has 5 nitrogen and oxygen atoms in total. The molecule has 0 radical (unpaired) electrons. The average Bonchev–Trinajstić information content (AvgIpc) is 2.34. The van der Waals surface area contributed by atoms with Crippen molar-refractivity contribution in [1.29, 1.82) is 0 Å². The van der Waals surface area contributed by atoms with E-state index in [1.54, 1.807) is 0 Å². The van der Waals surface area contributed by atoms with Crippen molar-refractivity contribution < 1.29 is 17.6 Å². The van der Waals surface area contributed by atoms with Crippen LogP contribution in [-0.4, -0.2) is 26.9 Å². The number of carbonyl (C=O) groups excluding carboxylic acids is 1. The zero-order valence-corrected chi connectivity index (χ0v) is 14.4. The molecule has 0 aliphatic heterocycles. The minimum Gasteiger partial charge on any atom is -0.354 e. The number of benzene rings is 1. The molecule has 0 aromatic heterocycles. The predicted molar refractivity (Wildman–Crippen MR) is 81.7 cm³/mol. The number of hydrogen-bond donors (Lipinski definition) is 2. The minimum atomic E-state index is -3.91. The lowest BCUT2D eigenvalue weighted by Crippen LogP contribution is -2.45. The Morgan fingerprint density at radius 3 is 2.48 bits per heavy atom. The van der Waals surface area contributed by atoms with Gasteiger partial charge < -0.3 is 5.32 Å². The molecule has 1 aromatic carbocycles. The maximum Gasteiger partial charge on any atom is 0.242 e. The van der Waals surface area contributed by atoms with E-state index in [2.05, 4.69) is 26.0 Å². The molecular formula is C13H18BrFN2O3S. The first-order valence-corrected chi connectivity index (χ1v) is 8.66. The van der Waals surface area contributed by atoms with Crippen LogP contribution in [0, 0.1) is 11.7 Å². The molecular weight excluding hydrogens is 363 g/mol. The number of rotatable bonds is 6. The van der Waals surface area contributed by atoms with Crippen LogP contribution in [-0.2, 0) is 14.8 Å². The Kier molecular flexibility index (Phi) is 6.30. The maximum absolute atomic E-state index is 13.0.